The number of rotatable bonds is 4. The van der Waals surface area contributed by atoms with Crippen molar-refractivity contribution in [2.45, 2.75) is 24.9 Å². The Bertz CT molecular complexity index is 1150. The van der Waals surface area contributed by atoms with Gasteiger partial charge in [0, 0.05) is 17.0 Å². The molecule has 0 saturated carbocycles. The lowest BCUT2D eigenvalue weighted by molar-refractivity contribution is -0.144. The van der Waals surface area contributed by atoms with Crippen LogP contribution in [0.5, 0.6) is 0 Å². The van der Waals surface area contributed by atoms with Gasteiger partial charge in [0.05, 0.1) is 11.8 Å². The zero-order valence-electron chi connectivity index (χ0n) is 16.4. The number of benzene rings is 3. The topological polar surface area (TPSA) is 60.4 Å². The Morgan fingerprint density at radius 2 is 1.37 bits per heavy atom. The van der Waals surface area contributed by atoms with Crippen LogP contribution in [-0.4, -0.2) is 17.5 Å². The van der Waals surface area contributed by atoms with Crippen molar-refractivity contribution in [1.29, 1.82) is 0 Å². The van der Waals surface area contributed by atoms with Crippen molar-refractivity contribution in [3.63, 3.8) is 0 Å². The van der Waals surface area contributed by atoms with E-state index in [0.29, 0.717) is 11.1 Å². The number of hydrogen-bond donors (Lipinski definition) is 0. The van der Waals surface area contributed by atoms with Crippen LogP contribution in [0, 0.1) is 5.92 Å². The Morgan fingerprint density at radius 1 is 0.733 bits per heavy atom. The van der Waals surface area contributed by atoms with E-state index in [9.17, 15) is 14.4 Å². The molecule has 4 heteroatoms. The van der Waals surface area contributed by atoms with Gasteiger partial charge in [0.15, 0.2) is 11.6 Å². The molecule has 3 aromatic rings. The summed E-state index contributed by atoms with van der Waals surface area (Å²) >= 11 is 0. The summed E-state index contributed by atoms with van der Waals surface area (Å²) in [6, 6.07) is 24.1. The van der Waals surface area contributed by atoms with Crippen molar-refractivity contribution < 1.29 is 19.1 Å². The summed E-state index contributed by atoms with van der Waals surface area (Å²) in [6.45, 7) is 1.52. The third-order valence-electron chi connectivity index (χ3n) is 6.27. The number of esters is 1. The van der Waals surface area contributed by atoms with Gasteiger partial charge in [-0.05, 0) is 23.6 Å². The Balaban J connectivity index is 1.65. The van der Waals surface area contributed by atoms with Crippen molar-refractivity contribution in [3.8, 4) is 0 Å². The smallest absolute Gasteiger partial charge is 0.311 e. The summed E-state index contributed by atoms with van der Waals surface area (Å²) in [5.41, 5.74) is 3.85. The summed E-state index contributed by atoms with van der Waals surface area (Å²) in [4.78, 5) is 38.2. The van der Waals surface area contributed by atoms with Crippen molar-refractivity contribution >= 4 is 17.5 Å². The van der Waals surface area contributed by atoms with Crippen LogP contribution in [0.1, 0.15) is 62.3 Å². The number of ketones is 2. The highest BCUT2D eigenvalue weighted by molar-refractivity contribution is 6.04. The lowest BCUT2D eigenvalue weighted by atomic mass is 9.65. The van der Waals surface area contributed by atoms with E-state index in [1.807, 2.05) is 54.6 Å². The van der Waals surface area contributed by atoms with Gasteiger partial charge >= 0.3 is 5.97 Å². The monoisotopic (exact) mass is 396 g/mol. The highest BCUT2D eigenvalue weighted by Gasteiger charge is 2.56. The van der Waals surface area contributed by atoms with E-state index in [0.717, 1.165) is 16.7 Å². The van der Waals surface area contributed by atoms with E-state index in [1.165, 1.54) is 6.92 Å². The second kappa shape index (κ2) is 7.06. The van der Waals surface area contributed by atoms with Crippen LogP contribution < -0.4 is 0 Å². The standard InChI is InChI=1S/C26H20O4/c1-15(27)16-11-13-17(14-12-16)21-23-22(24(28)18-7-3-2-4-8-18)19-9-5-6-10-20(19)25(21)30-26(23)29/h2-14,21-23,25H,1H3/t21-,22+,23+,25-/m1/s1. The van der Waals surface area contributed by atoms with E-state index in [1.54, 1.807) is 24.3 Å². The molecular weight excluding hydrogens is 376 g/mol. The van der Waals surface area contributed by atoms with E-state index < -0.39 is 17.9 Å². The molecule has 2 bridgehead atoms. The molecule has 0 spiro atoms. The highest BCUT2D eigenvalue weighted by Crippen LogP contribution is 2.57. The minimum atomic E-state index is -0.604. The number of hydrogen-bond acceptors (Lipinski definition) is 4. The van der Waals surface area contributed by atoms with Crippen molar-refractivity contribution in [3.05, 3.63) is 107 Å². The Hall–Kier alpha value is -3.53. The maximum absolute atomic E-state index is 13.6. The van der Waals surface area contributed by atoms with Crippen molar-refractivity contribution in [2.24, 2.45) is 5.92 Å². The van der Waals surface area contributed by atoms with Gasteiger partial charge in [-0.1, -0.05) is 78.9 Å². The van der Waals surface area contributed by atoms with Crippen molar-refractivity contribution in [2.75, 3.05) is 0 Å². The lowest BCUT2D eigenvalue weighted by Crippen LogP contribution is -2.33. The van der Waals surface area contributed by atoms with Gasteiger partial charge in [0.25, 0.3) is 0 Å². The zero-order chi connectivity index (χ0) is 20.8. The fraction of sp³-hybridized carbons (Fsp3) is 0.192. The van der Waals surface area contributed by atoms with Gasteiger partial charge in [-0.15, -0.1) is 0 Å². The molecule has 0 unspecified atom stereocenters. The van der Waals surface area contributed by atoms with Crippen LogP contribution in [0.3, 0.4) is 0 Å². The Labute approximate surface area is 174 Å². The van der Waals surface area contributed by atoms with E-state index >= 15 is 0 Å². The van der Waals surface area contributed by atoms with Crippen LogP contribution in [0.25, 0.3) is 0 Å². The van der Waals surface area contributed by atoms with Gasteiger partial charge in [0.2, 0.25) is 0 Å². The first-order chi connectivity index (χ1) is 14.6. The average molecular weight is 396 g/mol. The first kappa shape index (κ1) is 18.5. The van der Waals surface area contributed by atoms with Gasteiger partial charge in [-0.3, -0.25) is 14.4 Å². The molecule has 148 valence electrons. The maximum Gasteiger partial charge on any atom is 0.311 e. The molecule has 0 amide bonds. The van der Waals surface area contributed by atoms with Crippen molar-refractivity contribution in [1.82, 2.24) is 0 Å². The third kappa shape index (κ3) is 2.79. The summed E-state index contributed by atoms with van der Waals surface area (Å²) in [5, 5.41) is 0. The van der Waals surface area contributed by atoms with Crippen LogP contribution in [-0.2, 0) is 9.53 Å². The number of carbonyl (C=O) groups excluding carboxylic acids is 3. The molecule has 5 rings (SSSR count). The number of ether oxygens (including phenoxy) is 1. The second-order valence-corrected chi connectivity index (χ2v) is 7.92. The normalized spacial score (nSPS) is 24.1. The number of fused-ring (bicyclic) bond motifs is 4. The zero-order valence-corrected chi connectivity index (χ0v) is 16.4. The summed E-state index contributed by atoms with van der Waals surface area (Å²) in [5.74, 6) is -1.90. The predicted molar refractivity (Wildman–Crippen MR) is 111 cm³/mol. The van der Waals surface area contributed by atoms with Gasteiger partial charge in [-0.2, -0.15) is 0 Å². The molecule has 4 nitrogen and oxygen atoms in total. The quantitative estimate of drug-likeness (QED) is 0.466. The minimum absolute atomic E-state index is 0.0111. The van der Waals surface area contributed by atoms with Crippen LogP contribution in [0.4, 0.5) is 0 Å². The molecule has 1 heterocycles. The largest absolute Gasteiger partial charge is 0.457 e. The fourth-order valence-electron chi connectivity index (χ4n) is 4.87. The molecule has 0 aromatic heterocycles. The summed E-state index contributed by atoms with van der Waals surface area (Å²) < 4.78 is 5.81. The minimum Gasteiger partial charge on any atom is -0.457 e. The molecular formula is C26H20O4. The SMILES string of the molecule is CC(=O)c1ccc([C@@H]2[C@@H]3C(=O)O[C@@H]2c2ccccc2[C@@H]3C(=O)c2ccccc2)cc1. The van der Waals surface area contributed by atoms with E-state index in [2.05, 4.69) is 0 Å². The Morgan fingerprint density at radius 3 is 2.03 bits per heavy atom. The van der Waals surface area contributed by atoms with Gasteiger partial charge in [-0.25, -0.2) is 0 Å². The van der Waals surface area contributed by atoms with Gasteiger partial charge < -0.3 is 4.74 Å². The molecule has 1 aliphatic heterocycles. The molecule has 30 heavy (non-hydrogen) atoms. The van der Waals surface area contributed by atoms with Crippen LogP contribution >= 0.6 is 0 Å². The molecule has 3 aromatic carbocycles. The first-order valence-corrected chi connectivity index (χ1v) is 10.1. The Kier molecular flexibility index (Phi) is 4.35. The molecule has 1 saturated heterocycles. The summed E-state index contributed by atoms with van der Waals surface area (Å²) in [6.07, 6.45) is -0.429. The second-order valence-electron chi connectivity index (χ2n) is 7.92. The molecule has 1 aliphatic carbocycles. The third-order valence-corrected chi connectivity index (χ3v) is 6.27. The maximum atomic E-state index is 13.6. The molecule has 2 aliphatic rings. The predicted octanol–water partition coefficient (Wildman–Crippen LogP) is 4.87. The average Bonchev–Trinajstić information content (AvgIpc) is 3.05. The van der Waals surface area contributed by atoms with E-state index in [4.69, 9.17) is 4.74 Å². The fourth-order valence-corrected chi connectivity index (χ4v) is 4.87. The molecule has 4 atom stereocenters. The summed E-state index contributed by atoms with van der Waals surface area (Å²) in [7, 11) is 0. The molecule has 1 fully saturated rings. The number of Topliss-reactive ketones (excluding diaryl/α,β-unsaturated/α-hetero) is 2. The van der Waals surface area contributed by atoms with E-state index in [-0.39, 0.29) is 23.5 Å². The molecule has 0 radical (unpaired) electrons. The highest BCUT2D eigenvalue weighted by atomic mass is 16.6. The van der Waals surface area contributed by atoms with Gasteiger partial charge in [0.1, 0.15) is 6.10 Å². The number of carbonyl (C=O) groups is 3. The van der Waals surface area contributed by atoms with Crippen LogP contribution in [0.15, 0.2) is 78.9 Å². The lowest BCUT2D eigenvalue weighted by Gasteiger charge is -2.34. The van der Waals surface area contributed by atoms with Crippen LogP contribution in [0.2, 0.25) is 0 Å². The molecule has 0 N–H and O–H groups in total. The first-order valence-electron chi connectivity index (χ1n) is 10.1.